The SMILES string of the molecule is Cc1ccc(C)c(NC(=O)c2cc3ccccc3n2C)c1. The van der Waals surface area contributed by atoms with Crippen LogP contribution >= 0.6 is 0 Å². The Kier molecular flexibility index (Phi) is 3.26. The summed E-state index contributed by atoms with van der Waals surface area (Å²) in [5.41, 5.74) is 4.78. The Labute approximate surface area is 124 Å². The van der Waals surface area contributed by atoms with E-state index in [0.29, 0.717) is 5.69 Å². The van der Waals surface area contributed by atoms with Crippen molar-refractivity contribution >= 4 is 22.5 Å². The first-order chi connectivity index (χ1) is 10.1. The molecule has 0 bridgehead atoms. The molecule has 3 heteroatoms. The van der Waals surface area contributed by atoms with Gasteiger partial charge in [-0.1, -0.05) is 30.3 Å². The van der Waals surface area contributed by atoms with Crippen molar-refractivity contribution in [3.63, 3.8) is 0 Å². The predicted molar refractivity (Wildman–Crippen MR) is 86.8 cm³/mol. The van der Waals surface area contributed by atoms with Gasteiger partial charge in [-0.2, -0.15) is 0 Å². The van der Waals surface area contributed by atoms with Crippen molar-refractivity contribution in [1.82, 2.24) is 4.57 Å². The lowest BCUT2D eigenvalue weighted by Crippen LogP contribution is -2.16. The Balaban J connectivity index is 1.97. The number of rotatable bonds is 2. The number of fused-ring (bicyclic) bond motifs is 1. The van der Waals surface area contributed by atoms with E-state index in [4.69, 9.17) is 0 Å². The number of aromatic nitrogens is 1. The highest BCUT2D eigenvalue weighted by Gasteiger charge is 2.14. The lowest BCUT2D eigenvalue weighted by Gasteiger charge is -2.10. The molecule has 21 heavy (non-hydrogen) atoms. The number of hydrogen-bond acceptors (Lipinski definition) is 1. The number of para-hydroxylation sites is 1. The molecule has 0 saturated heterocycles. The molecule has 0 aliphatic heterocycles. The van der Waals surface area contributed by atoms with Gasteiger partial charge in [0, 0.05) is 23.6 Å². The van der Waals surface area contributed by atoms with Gasteiger partial charge in [0.2, 0.25) is 0 Å². The Morgan fingerprint density at radius 2 is 1.81 bits per heavy atom. The lowest BCUT2D eigenvalue weighted by molar-refractivity contribution is 0.101. The first kappa shape index (κ1) is 13.4. The fourth-order valence-electron chi connectivity index (χ4n) is 2.56. The second-order valence-corrected chi connectivity index (χ2v) is 5.42. The van der Waals surface area contributed by atoms with E-state index in [9.17, 15) is 4.79 Å². The number of hydrogen-bond donors (Lipinski definition) is 1. The van der Waals surface area contributed by atoms with Crippen LogP contribution in [0.15, 0.2) is 48.5 Å². The van der Waals surface area contributed by atoms with Crippen molar-refractivity contribution in [2.24, 2.45) is 7.05 Å². The molecule has 0 fully saturated rings. The van der Waals surface area contributed by atoms with Crippen molar-refractivity contribution in [2.45, 2.75) is 13.8 Å². The number of aryl methyl sites for hydroxylation is 3. The van der Waals surface area contributed by atoms with Crippen molar-refractivity contribution in [3.8, 4) is 0 Å². The Morgan fingerprint density at radius 1 is 1.05 bits per heavy atom. The number of anilines is 1. The van der Waals surface area contributed by atoms with Crippen LogP contribution in [0.4, 0.5) is 5.69 Å². The van der Waals surface area contributed by atoms with Gasteiger partial charge in [-0.05, 0) is 43.2 Å². The summed E-state index contributed by atoms with van der Waals surface area (Å²) >= 11 is 0. The maximum atomic E-state index is 12.5. The summed E-state index contributed by atoms with van der Waals surface area (Å²) in [4.78, 5) is 12.5. The number of carbonyl (C=O) groups is 1. The van der Waals surface area contributed by atoms with E-state index in [2.05, 4.69) is 5.32 Å². The molecule has 1 heterocycles. The van der Waals surface area contributed by atoms with Crippen LogP contribution in [0, 0.1) is 13.8 Å². The molecule has 2 aromatic carbocycles. The second kappa shape index (κ2) is 5.09. The normalized spacial score (nSPS) is 10.8. The van der Waals surface area contributed by atoms with Gasteiger partial charge in [-0.3, -0.25) is 4.79 Å². The summed E-state index contributed by atoms with van der Waals surface area (Å²) in [5, 5.41) is 4.08. The average Bonchev–Trinajstić information content (AvgIpc) is 2.81. The van der Waals surface area contributed by atoms with Gasteiger partial charge >= 0.3 is 0 Å². The third-order valence-electron chi connectivity index (χ3n) is 3.83. The topological polar surface area (TPSA) is 34.0 Å². The third kappa shape index (κ3) is 2.42. The first-order valence-electron chi connectivity index (χ1n) is 6.99. The average molecular weight is 278 g/mol. The van der Waals surface area contributed by atoms with Gasteiger partial charge < -0.3 is 9.88 Å². The molecule has 0 atom stereocenters. The molecular weight excluding hydrogens is 260 g/mol. The van der Waals surface area contributed by atoms with Crippen molar-refractivity contribution < 1.29 is 4.79 Å². The number of nitrogens with zero attached hydrogens (tertiary/aromatic N) is 1. The maximum absolute atomic E-state index is 12.5. The van der Waals surface area contributed by atoms with Crippen LogP contribution in [0.5, 0.6) is 0 Å². The number of amides is 1. The fraction of sp³-hybridized carbons (Fsp3) is 0.167. The minimum atomic E-state index is -0.0811. The van der Waals surface area contributed by atoms with Crippen LogP contribution in [0.3, 0.4) is 0 Å². The molecule has 0 aliphatic carbocycles. The lowest BCUT2D eigenvalue weighted by atomic mass is 10.1. The highest BCUT2D eigenvalue weighted by Crippen LogP contribution is 2.21. The monoisotopic (exact) mass is 278 g/mol. The number of carbonyl (C=O) groups excluding carboxylic acids is 1. The minimum absolute atomic E-state index is 0.0811. The van der Waals surface area contributed by atoms with Crippen molar-refractivity contribution in [1.29, 1.82) is 0 Å². The zero-order valence-corrected chi connectivity index (χ0v) is 12.5. The molecule has 3 aromatic rings. The highest BCUT2D eigenvalue weighted by molar-refractivity contribution is 6.06. The van der Waals surface area contributed by atoms with Crippen molar-refractivity contribution in [2.75, 3.05) is 5.32 Å². The van der Waals surface area contributed by atoms with Gasteiger partial charge in [0.15, 0.2) is 0 Å². The first-order valence-corrected chi connectivity index (χ1v) is 6.99. The summed E-state index contributed by atoms with van der Waals surface area (Å²) in [6.45, 7) is 4.02. The number of nitrogens with one attached hydrogen (secondary N) is 1. The molecule has 3 rings (SSSR count). The predicted octanol–water partition coefficient (Wildman–Crippen LogP) is 4.05. The van der Waals surface area contributed by atoms with Crippen LogP contribution in [-0.2, 0) is 7.05 Å². The smallest absolute Gasteiger partial charge is 0.272 e. The summed E-state index contributed by atoms with van der Waals surface area (Å²) in [7, 11) is 1.92. The minimum Gasteiger partial charge on any atom is -0.340 e. The maximum Gasteiger partial charge on any atom is 0.272 e. The van der Waals surface area contributed by atoms with Gasteiger partial charge in [-0.15, -0.1) is 0 Å². The van der Waals surface area contributed by atoms with Crippen LogP contribution < -0.4 is 5.32 Å². The number of benzene rings is 2. The van der Waals surface area contributed by atoms with Gasteiger partial charge in [0.25, 0.3) is 5.91 Å². The van der Waals surface area contributed by atoms with Gasteiger partial charge in [-0.25, -0.2) is 0 Å². The highest BCUT2D eigenvalue weighted by atomic mass is 16.1. The van der Waals surface area contributed by atoms with Gasteiger partial charge in [0.1, 0.15) is 5.69 Å². The molecule has 1 aromatic heterocycles. The van der Waals surface area contributed by atoms with Crippen LogP contribution in [0.25, 0.3) is 10.9 Å². The van der Waals surface area contributed by atoms with Crippen LogP contribution in [0.2, 0.25) is 0 Å². The molecule has 1 amide bonds. The zero-order chi connectivity index (χ0) is 15.0. The Bertz CT molecular complexity index is 830. The fourth-order valence-corrected chi connectivity index (χ4v) is 2.56. The summed E-state index contributed by atoms with van der Waals surface area (Å²) in [6.07, 6.45) is 0. The Morgan fingerprint density at radius 3 is 2.57 bits per heavy atom. The quantitative estimate of drug-likeness (QED) is 0.754. The van der Waals surface area contributed by atoms with E-state index in [1.807, 2.05) is 74.0 Å². The molecule has 0 spiro atoms. The Hall–Kier alpha value is -2.55. The molecule has 1 N–H and O–H groups in total. The van der Waals surface area contributed by atoms with Gasteiger partial charge in [0.05, 0.1) is 0 Å². The largest absolute Gasteiger partial charge is 0.340 e. The molecule has 3 nitrogen and oxygen atoms in total. The summed E-state index contributed by atoms with van der Waals surface area (Å²) in [6, 6.07) is 16.0. The van der Waals surface area contributed by atoms with Crippen molar-refractivity contribution in [3.05, 3.63) is 65.4 Å². The standard InChI is InChI=1S/C18H18N2O/c1-12-8-9-13(2)15(10-12)19-18(21)17-11-14-6-4-5-7-16(14)20(17)3/h4-11H,1-3H3,(H,19,21). The zero-order valence-electron chi connectivity index (χ0n) is 12.5. The summed E-state index contributed by atoms with van der Waals surface area (Å²) < 4.78 is 1.93. The molecule has 0 radical (unpaired) electrons. The van der Waals surface area contributed by atoms with E-state index in [1.54, 1.807) is 0 Å². The van der Waals surface area contributed by atoms with E-state index in [0.717, 1.165) is 27.7 Å². The molecule has 0 aliphatic rings. The molecule has 0 saturated carbocycles. The van der Waals surface area contributed by atoms with Crippen LogP contribution in [-0.4, -0.2) is 10.5 Å². The second-order valence-electron chi connectivity index (χ2n) is 5.42. The van der Waals surface area contributed by atoms with E-state index in [-0.39, 0.29) is 5.91 Å². The molecular formula is C18H18N2O. The van der Waals surface area contributed by atoms with E-state index >= 15 is 0 Å². The molecule has 0 unspecified atom stereocenters. The summed E-state index contributed by atoms with van der Waals surface area (Å²) in [5.74, 6) is -0.0811. The molecule has 106 valence electrons. The van der Waals surface area contributed by atoms with E-state index < -0.39 is 0 Å². The third-order valence-corrected chi connectivity index (χ3v) is 3.83. The van der Waals surface area contributed by atoms with Crippen LogP contribution in [0.1, 0.15) is 21.6 Å². The van der Waals surface area contributed by atoms with E-state index in [1.165, 1.54) is 0 Å².